The molecule has 1 fully saturated rings. The van der Waals surface area contributed by atoms with Crippen molar-refractivity contribution in [3.05, 3.63) is 69.0 Å². The monoisotopic (exact) mass is 494 g/mol. The number of methoxy groups -OCH3 is 1. The zero-order valence-corrected chi connectivity index (χ0v) is 20.1. The summed E-state index contributed by atoms with van der Waals surface area (Å²) in [4.78, 5) is 29.4. The van der Waals surface area contributed by atoms with E-state index in [2.05, 4.69) is 4.90 Å². The molecule has 0 saturated carbocycles. The summed E-state index contributed by atoms with van der Waals surface area (Å²) in [5.74, 6) is -2.57. The Bertz CT molecular complexity index is 1080. The van der Waals surface area contributed by atoms with E-state index in [-0.39, 0.29) is 39.0 Å². The number of benzene rings is 2. The zero-order chi connectivity index (χ0) is 24.3. The van der Waals surface area contributed by atoms with Crippen molar-refractivity contribution in [3.8, 4) is 5.75 Å². The molecule has 1 unspecified atom stereocenters. The topological polar surface area (TPSA) is 70.1 Å². The van der Waals surface area contributed by atoms with Gasteiger partial charge in [0.1, 0.15) is 11.6 Å². The van der Waals surface area contributed by atoms with Crippen molar-refractivity contribution >= 4 is 40.7 Å². The number of hydrogen-bond donors (Lipinski definition) is 1. The Morgan fingerprint density at radius 3 is 2.30 bits per heavy atom. The van der Waals surface area contributed by atoms with Crippen LogP contribution in [-0.2, 0) is 9.59 Å². The average Bonchev–Trinajstić information content (AvgIpc) is 3.04. The molecule has 1 heterocycles. The molecule has 9 heteroatoms. The molecule has 2 aromatic carbocycles. The van der Waals surface area contributed by atoms with Crippen LogP contribution in [0.25, 0.3) is 5.76 Å². The number of ether oxygens (including phenoxy) is 1. The van der Waals surface area contributed by atoms with E-state index in [1.165, 1.54) is 42.3 Å². The standard InChI is InChI=1S/C24H25Cl2FN2O4/c1-4-28(5-2)10-11-29-20(15-8-6-7-9-18(15)27)19(22(31)24(29)32)21(30)14-12-16(25)23(33-3)17(26)13-14/h6-9,12-13,20,30H,4-5,10-11H2,1-3H3/b21-19+. The minimum atomic E-state index is -1.10. The molecule has 6 nitrogen and oxygen atoms in total. The predicted molar refractivity (Wildman–Crippen MR) is 126 cm³/mol. The summed E-state index contributed by atoms with van der Waals surface area (Å²) in [5, 5.41) is 11.4. The summed E-state index contributed by atoms with van der Waals surface area (Å²) in [6, 6.07) is 7.54. The second kappa shape index (κ2) is 10.5. The maximum Gasteiger partial charge on any atom is 0.295 e. The Morgan fingerprint density at radius 2 is 1.76 bits per heavy atom. The normalized spacial score (nSPS) is 17.8. The fourth-order valence-electron chi connectivity index (χ4n) is 3.97. The molecule has 1 saturated heterocycles. The summed E-state index contributed by atoms with van der Waals surface area (Å²) >= 11 is 12.4. The molecule has 0 spiro atoms. The largest absolute Gasteiger partial charge is 0.507 e. The molecule has 0 bridgehead atoms. The number of aliphatic hydroxyl groups excluding tert-OH is 1. The van der Waals surface area contributed by atoms with E-state index in [1.54, 1.807) is 6.07 Å². The number of hydrogen-bond acceptors (Lipinski definition) is 5. The number of likely N-dealkylation sites (N-methyl/N-ethyl adjacent to an activating group) is 1. The molecule has 1 aliphatic heterocycles. The van der Waals surface area contributed by atoms with Gasteiger partial charge in [0.2, 0.25) is 0 Å². The number of carbonyl (C=O) groups is 2. The summed E-state index contributed by atoms with van der Waals surface area (Å²) in [6.07, 6.45) is 0. The third-order valence-electron chi connectivity index (χ3n) is 5.77. The van der Waals surface area contributed by atoms with Crippen molar-refractivity contribution in [1.29, 1.82) is 0 Å². The highest BCUT2D eigenvalue weighted by Crippen LogP contribution is 2.42. The molecule has 2 aromatic rings. The number of ketones is 1. The number of nitrogens with zero attached hydrogens (tertiary/aromatic N) is 2. The highest BCUT2D eigenvalue weighted by Gasteiger charge is 2.46. The van der Waals surface area contributed by atoms with Gasteiger partial charge in [0.05, 0.1) is 28.8 Å². The first-order valence-corrected chi connectivity index (χ1v) is 11.3. The van der Waals surface area contributed by atoms with E-state index >= 15 is 0 Å². The van der Waals surface area contributed by atoms with Gasteiger partial charge in [-0.15, -0.1) is 0 Å². The first-order chi connectivity index (χ1) is 15.7. The summed E-state index contributed by atoms with van der Waals surface area (Å²) in [5.41, 5.74) is 0.0133. The van der Waals surface area contributed by atoms with Crippen LogP contribution >= 0.6 is 23.2 Å². The van der Waals surface area contributed by atoms with Gasteiger partial charge in [-0.2, -0.15) is 0 Å². The first-order valence-electron chi connectivity index (χ1n) is 10.5. The van der Waals surface area contributed by atoms with Gasteiger partial charge in [-0.25, -0.2) is 4.39 Å². The van der Waals surface area contributed by atoms with Crippen LogP contribution in [0.15, 0.2) is 42.0 Å². The van der Waals surface area contributed by atoms with Crippen LogP contribution in [0.1, 0.15) is 31.0 Å². The van der Waals surface area contributed by atoms with Crippen LogP contribution < -0.4 is 4.74 Å². The number of likely N-dealkylation sites (tertiary alicyclic amines) is 1. The highest BCUT2D eigenvalue weighted by molar-refractivity contribution is 6.46. The molecular formula is C24H25Cl2FN2O4. The zero-order valence-electron chi connectivity index (χ0n) is 18.6. The Hall–Kier alpha value is -2.61. The van der Waals surface area contributed by atoms with Gasteiger partial charge in [0, 0.05) is 24.2 Å². The Morgan fingerprint density at radius 1 is 1.15 bits per heavy atom. The Kier molecular flexibility index (Phi) is 8.00. The van der Waals surface area contributed by atoms with Gasteiger partial charge in [-0.3, -0.25) is 9.59 Å². The molecule has 0 aromatic heterocycles. The van der Waals surface area contributed by atoms with Crippen molar-refractivity contribution < 1.29 is 23.8 Å². The molecule has 176 valence electrons. The van der Waals surface area contributed by atoms with Crippen LogP contribution in [0.2, 0.25) is 10.0 Å². The molecular weight excluding hydrogens is 470 g/mol. The number of rotatable bonds is 8. The van der Waals surface area contributed by atoms with Gasteiger partial charge in [-0.05, 0) is 31.3 Å². The molecule has 1 amide bonds. The summed E-state index contributed by atoms with van der Waals surface area (Å²) < 4.78 is 20.0. The molecule has 33 heavy (non-hydrogen) atoms. The highest BCUT2D eigenvalue weighted by atomic mass is 35.5. The second-order valence-corrected chi connectivity index (χ2v) is 8.33. The number of Topliss-reactive ketones (excluding diaryl/α,β-unsaturated/α-hetero) is 1. The van der Waals surface area contributed by atoms with Crippen molar-refractivity contribution in [3.63, 3.8) is 0 Å². The van der Waals surface area contributed by atoms with Crippen molar-refractivity contribution in [2.75, 3.05) is 33.3 Å². The lowest BCUT2D eigenvalue weighted by Gasteiger charge is -2.28. The minimum Gasteiger partial charge on any atom is -0.507 e. The quantitative estimate of drug-likeness (QED) is 0.321. The van der Waals surface area contributed by atoms with Crippen LogP contribution in [-0.4, -0.2) is 59.9 Å². The Labute approximate surface area is 202 Å². The number of carbonyl (C=O) groups excluding carboxylic acids is 2. The SMILES string of the molecule is CCN(CC)CCN1C(=O)C(=O)/C(=C(/O)c2cc(Cl)c(OC)c(Cl)c2)C1c1ccccc1F. The van der Waals surface area contributed by atoms with E-state index in [0.29, 0.717) is 6.54 Å². The van der Waals surface area contributed by atoms with Crippen molar-refractivity contribution in [1.82, 2.24) is 9.80 Å². The van der Waals surface area contributed by atoms with Crippen molar-refractivity contribution in [2.24, 2.45) is 0 Å². The smallest absolute Gasteiger partial charge is 0.295 e. The maximum absolute atomic E-state index is 14.8. The molecule has 1 atom stereocenters. The first kappa shape index (κ1) is 25.0. The van der Waals surface area contributed by atoms with E-state index in [4.69, 9.17) is 27.9 Å². The average molecular weight is 495 g/mol. The number of halogens is 3. The molecule has 3 rings (SSSR count). The minimum absolute atomic E-state index is 0.114. The van der Waals surface area contributed by atoms with Gasteiger partial charge >= 0.3 is 0 Å². The van der Waals surface area contributed by atoms with Gasteiger partial charge in [0.15, 0.2) is 5.75 Å². The maximum atomic E-state index is 14.8. The third kappa shape index (κ3) is 4.86. The van der Waals surface area contributed by atoms with E-state index in [1.807, 2.05) is 13.8 Å². The van der Waals surface area contributed by atoms with Gasteiger partial charge in [-0.1, -0.05) is 55.2 Å². The molecule has 0 aliphatic carbocycles. The second-order valence-electron chi connectivity index (χ2n) is 7.51. The lowest BCUT2D eigenvalue weighted by molar-refractivity contribution is -0.140. The Balaban J connectivity index is 2.17. The fourth-order valence-corrected chi connectivity index (χ4v) is 4.61. The summed E-state index contributed by atoms with van der Waals surface area (Å²) in [7, 11) is 1.40. The van der Waals surface area contributed by atoms with E-state index in [0.717, 1.165) is 13.1 Å². The summed E-state index contributed by atoms with van der Waals surface area (Å²) in [6.45, 7) is 6.17. The molecule has 1 N–H and O–H groups in total. The van der Waals surface area contributed by atoms with Gasteiger partial charge < -0.3 is 19.6 Å². The third-order valence-corrected chi connectivity index (χ3v) is 6.33. The van der Waals surface area contributed by atoms with E-state index in [9.17, 15) is 19.1 Å². The number of amides is 1. The molecule has 1 aliphatic rings. The van der Waals surface area contributed by atoms with Crippen LogP contribution in [0, 0.1) is 5.82 Å². The van der Waals surface area contributed by atoms with Crippen LogP contribution in [0.4, 0.5) is 4.39 Å². The van der Waals surface area contributed by atoms with Crippen LogP contribution in [0.3, 0.4) is 0 Å². The lowest BCUT2D eigenvalue weighted by atomic mass is 9.95. The lowest BCUT2D eigenvalue weighted by Crippen LogP contribution is -2.38. The van der Waals surface area contributed by atoms with Crippen molar-refractivity contribution in [2.45, 2.75) is 19.9 Å². The number of aliphatic hydroxyl groups is 1. The van der Waals surface area contributed by atoms with Crippen LogP contribution in [0.5, 0.6) is 5.75 Å². The predicted octanol–water partition coefficient (Wildman–Crippen LogP) is 4.90. The van der Waals surface area contributed by atoms with E-state index < -0.39 is 29.3 Å². The van der Waals surface area contributed by atoms with Gasteiger partial charge in [0.25, 0.3) is 11.7 Å². The fraction of sp³-hybridized carbons (Fsp3) is 0.333. The molecule has 0 radical (unpaired) electrons.